The highest BCUT2D eigenvalue weighted by molar-refractivity contribution is 7.91. The summed E-state index contributed by atoms with van der Waals surface area (Å²) in [6, 6.07) is 15.7. The first-order valence-electron chi connectivity index (χ1n) is 7.44. The number of hydrogen-bond donors (Lipinski definition) is 0. The molecule has 0 heterocycles. The smallest absolute Gasteiger partial charge is 0.165 e. The lowest BCUT2D eigenvalue weighted by atomic mass is 10.1. The maximum absolute atomic E-state index is 12.0. The third kappa shape index (κ3) is 6.14. The molecule has 0 saturated carbocycles. The molecule has 0 N–H and O–H groups in total. The van der Waals surface area contributed by atoms with Crippen molar-refractivity contribution in [3.05, 3.63) is 76.9 Å². The van der Waals surface area contributed by atoms with Crippen LogP contribution < -0.4 is 0 Å². The molecule has 0 saturated heterocycles. The van der Waals surface area contributed by atoms with Crippen molar-refractivity contribution in [3.8, 4) is 11.8 Å². The zero-order valence-corrected chi connectivity index (χ0v) is 14.2. The monoisotopic (exact) mass is 324 g/mol. The van der Waals surface area contributed by atoms with Crippen molar-refractivity contribution >= 4 is 15.9 Å². The van der Waals surface area contributed by atoms with Gasteiger partial charge in [-0.15, -0.1) is 0 Å². The molecule has 2 aromatic rings. The maximum atomic E-state index is 12.0. The van der Waals surface area contributed by atoms with Crippen LogP contribution in [0.4, 0.5) is 0 Å². The molecule has 0 bridgehead atoms. The molecule has 0 atom stereocenters. The van der Waals surface area contributed by atoms with E-state index in [4.69, 9.17) is 0 Å². The second-order valence-electron chi connectivity index (χ2n) is 5.54. The molecular formula is C20H20O2S. The minimum absolute atomic E-state index is 0.00343. The van der Waals surface area contributed by atoms with E-state index < -0.39 is 9.84 Å². The SMILES string of the molecule is Cc1ccc(C#CCS(=O)(=O)C/C=C/c2ccc(C)cc2)cc1. The highest BCUT2D eigenvalue weighted by Crippen LogP contribution is 2.05. The van der Waals surface area contributed by atoms with Crippen molar-refractivity contribution in [1.29, 1.82) is 0 Å². The zero-order chi connectivity index (χ0) is 16.7. The molecule has 3 heteroatoms. The summed E-state index contributed by atoms with van der Waals surface area (Å²) < 4.78 is 23.9. The molecule has 0 aliphatic rings. The second kappa shape index (κ2) is 7.80. The first kappa shape index (κ1) is 17.1. The lowest BCUT2D eigenvalue weighted by Crippen LogP contribution is -2.07. The summed E-state index contributed by atoms with van der Waals surface area (Å²) in [5.41, 5.74) is 4.17. The number of hydrogen-bond acceptors (Lipinski definition) is 2. The normalized spacial score (nSPS) is 11.2. The minimum Gasteiger partial charge on any atom is -0.228 e. The van der Waals surface area contributed by atoms with Crippen LogP contribution in [0.15, 0.2) is 54.6 Å². The number of sulfone groups is 1. The van der Waals surface area contributed by atoms with Crippen LogP contribution in [0.2, 0.25) is 0 Å². The quantitative estimate of drug-likeness (QED) is 0.802. The molecular weight excluding hydrogens is 304 g/mol. The highest BCUT2D eigenvalue weighted by atomic mass is 32.2. The first-order chi connectivity index (χ1) is 10.9. The molecule has 0 spiro atoms. The average Bonchev–Trinajstić information content (AvgIpc) is 2.51. The molecule has 0 radical (unpaired) electrons. The van der Waals surface area contributed by atoms with E-state index in [9.17, 15) is 8.42 Å². The topological polar surface area (TPSA) is 34.1 Å². The molecule has 0 unspecified atom stereocenters. The Kier molecular flexibility index (Phi) is 5.78. The molecule has 2 nitrogen and oxygen atoms in total. The molecule has 0 aromatic heterocycles. The van der Waals surface area contributed by atoms with E-state index in [1.807, 2.05) is 68.5 Å². The Morgan fingerprint density at radius 2 is 1.48 bits per heavy atom. The molecule has 0 aliphatic carbocycles. The van der Waals surface area contributed by atoms with Crippen LogP contribution in [0.5, 0.6) is 0 Å². The van der Waals surface area contributed by atoms with Gasteiger partial charge in [-0.25, -0.2) is 8.42 Å². The Labute approximate surface area is 138 Å². The van der Waals surface area contributed by atoms with E-state index in [1.54, 1.807) is 6.08 Å². The van der Waals surface area contributed by atoms with Crippen molar-refractivity contribution in [2.45, 2.75) is 13.8 Å². The highest BCUT2D eigenvalue weighted by Gasteiger charge is 2.05. The maximum Gasteiger partial charge on any atom is 0.165 e. The van der Waals surface area contributed by atoms with Crippen LogP contribution in [-0.4, -0.2) is 19.9 Å². The van der Waals surface area contributed by atoms with Crippen LogP contribution in [0.1, 0.15) is 22.3 Å². The predicted octanol–water partition coefficient (Wildman–Crippen LogP) is 3.78. The van der Waals surface area contributed by atoms with Gasteiger partial charge in [-0.05, 0) is 31.5 Å². The van der Waals surface area contributed by atoms with Crippen LogP contribution in [0.25, 0.3) is 6.08 Å². The van der Waals surface area contributed by atoms with E-state index in [2.05, 4.69) is 11.8 Å². The number of rotatable bonds is 4. The van der Waals surface area contributed by atoms with Crippen molar-refractivity contribution in [3.63, 3.8) is 0 Å². The van der Waals surface area contributed by atoms with E-state index in [1.165, 1.54) is 5.56 Å². The van der Waals surface area contributed by atoms with E-state index in [0.717, 1.165) is 16.7 Å². The third-order valence-corrected chi connectivity index (χ3v) is 4.60. The second-order valence-corrected chi connectivity index (χ2v) is 7.64. The molecule has 23 heavy (non-hydrogen) atoms. The Morgan fingerprint density at radius 3 is 2.09 bits per heavy atom. The Morgan fingerprint density at radius 1 is 0.913 bits per heavy atom. The average molecular weight is 324 g/mol. The predicted molar refractivity (Wildman–Crippen MR) is 96.9 cm³/mol. The van der Waals surface area contributed by atoms with Crippen molar-refractivity contribution in [2.24, 2.45) is 0 Å². The molecule has 2 rings (SSSR count). The summed E-state index contributed by atoms with van der Waals surface area (Å²) in [4.78, 5) is 0. The van der Waals surface area contributed by atoms with Gasteiger partial charge in [0.25, 0.3) is 0 Å². The van der Waals surface area contributed by atoms with Gasteiger partial charge in [0.15, 0.2) is 9.84 Å². The Balaban J connectivity index is 1.92. The lowest BCUT2D eigenvalue weighted by molar-refractivity contribution is 0.602. The fourth-order valence-corrected chi connectivity index (χ4v) is 2.75. The van der Waals surface area contributed by atoms with Gasteiger partial charge >= 0.3 is 0 Å². The summed E-state index contributed by atoms with van der Waals surface area (Å²) in [6.07, 6.45) is 3.50. The summed E-state index contributed by atoms with van der Waals surface area (Å²) >= 11 is 0. The first-order valence-corrected chi connectivity index (χ1v) is 9.26. The van der Waals surface area contributed by atoms with Crippen molar-refractivity contribution in [2.75, 3.05) is 11.5 Å². The third-order valence-electron chi connectivity index (χ3n) is 3.31. The standard InChI is InChI=1S/C20H20O2S/c1-17-7-11-19(12-8-17)5-3-15-23(21,22)16-4-6-20-13-9-18(2)10-14-20/h3,5,7-14H,15-16H2,1-2H3/b5-3+. The van der Waals surface area contributed by atoms with Gasteiger partial charge in [0.2, 0.25) is 0 Å². The summed E-state index contributed by atoms with van der Waals surface area (Å²) in [7, 11) is -3.20. The fourth-order valence-electron chi connectivity index (χ4n) is 1.95. The van der Waals surface area contributed by atoms with Gasteiger partial charge in [0.05, 0.1) is 5.75 Å². The lowest BCUT2D eigenvalue weighted by Gasteiger charge is -1.96. The van der Waals surface area contributed by atoms with Gasteiger partial charge < -0.3 is 0 Å². The largest absolute Gasteiger partial charge is 0.228 e. The van der Waals surface area contributed by atoms with Gasteiger partial charge in [0.1, 0.15) is 5.75 Å². The fraction of sp³-hybridized carbons (Fsp3) is 0.200. The Hall–Kier alpha value is -2.31. The summed E-state index contributed by atoms with van der Waals surface area (Å²) in [5, 5.41) is 0. The van der Waals surface area contributed by atoms with E-state index >= 15 is 0 Å². The number of aryl methyl sites for hydroxylation is 2. The summed E-state index contributed by atoms with van der Waals surface area (Å²) in [5.74, 6) is 5.51. The molecule has 118 valence electrons. The summed E-state index contributed by atoms with van der Waals surface area (Å²) in [6.45, 7) is 4.02. The van der Waals surface area contributed by atoms with Crippen LogP contribution >= 0.6 is 0 Å². The van der Waals surface area contributed by atoms with Crippen molar-refractivity contribution in [1.82, 2.24) is 0 Å². The molecule has 0 fully saturated rings. The number of benzene rings is 2. The van der Waals surface area contributed by atoms with Gasteiger partial charge in [-0.2, -0.15) is 0 Å². The van der Waals surface area contributed by atoms with Crippen LogP contribution in [0, 0.1) is 25.7 Å². The van der Waals surface area contributed by atoms with Crippen LogP contribution in [-0.2, 0) is 9.84 Å². The van der Waals surface area contributed by atoms with Gasteiger partial charge in [-0.1, -0.05) is 71.5 Å². The zero-order valence-electron chi connectivity index (χ0n) is 13.4. The molecule has 2 aromatic carbocycles. The van der Waals surface area contributed by atoms with Crippen molar-refractivity contribution < 1.29 is 8.42 Å². The van der Waals surface area contributed by atoms with E-state index in [-0.39, 0.29) is 11.5 Å². The molecule has 0 aliphatic heterocycles. The van der Waals surface area contributed by atoms with Crippen LogP contribution in [0.3, 0.4) is 0 Å². The van der Waals surface area contributed by atoms with Gasteiger partial charge in [0, 0.05) is 5.56 Å². The Bertz CT molecular complexity index is 831. The minimum atomic E-state index is -3.20. The molecule has 0 amide bonds. The van der Waals surface area contributed by atoms with E-state index in [0.29, 0.717) is 0 Å². The van der Waals surface area contributed by atoms with Gasteiger partial charge in [-0.3, -0.25) is 0 Å².